The van der Waals surface area contributed by atoms with Gasteiger partial charge in [-0.1, -0.05) is 37.8 Å². The fourth-order valence-corrected chi connectivity index (χ4v) is 4.95. The van der Waals surface area contributed by atoms with Gasteiger partial charge in [-0.2, -0.15) is 0 Å². The zero-order valence-electron chi connectivity index (χ0n) is 16.4. The second-order valence-corrected chi connectivity index (χ2v) is 9.28. The fraction of sp³-hybridized carbons (Fsp3) is 0.333. The van der Waals surface area contributed by atoms with Crippen LogP contribution in [0.15, 0.2) is 52.2 Å². The van der Waals surface area contributed by atoms with Crippen molar-refractivity contribution in [2.75, 3.05) is 4.72 Å². The second kappa shape index (κ2) is 8.35. The van der Waals surface area contributed by atoms with Gasteiger partial charge in [0.1, 0.15) is 0 Å². The smallest absolute Gasteiger partial charge is 0.323 e. The third-order valence-corrected chi connectivity index (χ3v) is 6.77. The van der Waals surface area contributed by atoms with E-state index in [2.05, 4.69) is 20.0 Å². The Morgan fingerprint density at radius 1 is 0.933 bits per heavy atom. The first-order valence-electron chi connectivity index (χ1n) is 10.1. The van der Waals surface area contributed by atoms with Crippen LogP contribution in [0.25, 0.3) is 11.0 Å². The lowest BCUT2D eigenvalue weighted by atomic mass is 10.1. The summed E-state index contributed by atoms with van der Waals surface area (Å²) in [5.41, 5.74) is 0.991. The summed E-state index contributed by atoms with van der Waals surface area (Å²) in [5, 5.41) is 3.05. The Morgan fingerprint density at radius 3 is 2.40 bits per heavy atom. The zero-order chi connectivity index (χ0) is 21.1. The van der Waals surface area contributed by atoms with Crippen LogP contribution < -0.4 is 15.7 Å². The van der Waals surface area contributed by atoms with Crippen LogP contribution in [0.3, 0.4) is 0 Å². The number of hydrogen-bond donors (Lipinski definition) is 4. The van der Waals surface area contributed by atoms with E-state index in [0.29, 0.717) is 11.0 Å². The standard InChI is InChI=1S/C21H24N4O4S/c26-20(22-14-7-3-1-2-4-8-14)16-9-5-6-10-17(16)25-30(28,29)15-11-12-18-19(13-15)24-21(27)23-18/h5-6,9-14,25H,1-4,7-8H2,(H,22,26)(H2,23,24,27). The SMILES string of the molecule is O=C(NC1CCCCCC1)c1ccccc1NS(=O)(=O)c1ccc2[nH]c(=O)[nH]c2c1. The van der Waals surface area contributed by atoms with Crippen molar-refractivity contribution in [3.8, 4) is 0 Å². The van der Waals surface area contributed by atoms with Crippen LogP contribution in [0.4, 0.5) is 5.69 Å². The molecule has 0 unspecified atom stereocenters. The second-order valence-electron chi connectivity index (χ2n) is 7.60. The Hall–Kier alpha value is -3.07. The van der Waals surface area contributed by atoms with Crippen molar-refractivity contribution in [3.05, 3.63) is 58.5 Å². The molecule has 0 atom stereocenters. The fourth-order valence-electron chi connectivity index (χ4n) is 3.84. The molecule has 4 N–H and O–H groups in total. The minimum atomic E-state index is -3.96. The van der Waals surface area contributed by atoms with E-state index in [0.717, 1.165) is 25.7 Å². The molecule has 2 aromatic carbocycles. The number of imidazole rings is 1. The normalized spacial score (nSPS) is 15.6. The van der Waals surface area contributed by atoms with Gasteiger partial charge in [0.05, 0.1) is 27.2 Å². The Labute approximate surface area is 174 Å². The van der Waals surface area contributed by atoms with E-state index in [9.17, 15) is 18.0 Å². The summed E-state index contributed by atoms with van der Waals surface area (Å²) >= 11 is 0. The first kappa shape index (κ1) is 20.2. The van der Waals surface area contributed by atoms with E-state index in [1.54, 1.807) is 24.3 Å². The van der Waals surface area contributed by atoms with E-state index < -0.39 is 15.7 Å². The average Bonchev–Trinajstić information content (AvgIpc) is 2.90. The third-order valence-electron chi connectivity index (χ3n) is 5.40. The van der Waals surface area contributed by atoms with Crippen molar-refractivity contribution in [3.63, 3.8) is 0 Å². The molecular weight excluding hydrogens is 404 g/mol. The molecule has 0 saturated heterocycles. The quantitative estimate of drug-likeness (QED) is 0.466. The highest BCUT2D eigenvalue weighted by Crippen LogP contribution is 2.23. The van der Waals surface area contributed by atoms with Gasteiger partial charge in [0.15, 0.2) is 0 Å². The number of anilines is 1. The van der Waals surface area contributed by atoms with Gasteiger partial charge >= 0.3 is 5.69 Å². The summed E-state index contributed by atoms with van der Waals surface area (Å²) in [6, 6.07) is 11.0. The van der Waals surface area contributed by atoms with E-state index in [4.69, 9.17) is 0 Å². The Balaban J connectivity index is 1.57. The lowest BCUT2D eigenvalue weighted by Gasteiger charge is -2.18. The van der Waals surface area contributed by atoms with Crippen LogP contribution in [0, 0.1) is 0 Å². The highest BCUT2D eigenvalue weighted by Gasteiger charge is 2.21. The van der Waals surface area contributed by atoms with Crippen LogP contribution in [0.2, 0.25) is 0 Å². The summed E-state index contributed by atoms with van der Waals surface area (Å²) in [5.74, 6) is -0.286. The van der Waals surface area contributed by atoms with Crippen LogP contribution in [0.1, 0.15) is 48.9 Å². The Morgan fingerprint density at radius 2 is 1.63 bits per heavy atom. The summed E-state index contributed by atoms with van der Waals surface area (Å²) in [7, 11) is -3.96. The molecule has 0 bridgehead atoms. The predicted octanol–water partition coefficient (Wildman–Crippen LogP) is 3.11. The Kier molecular flexibility index (Phi) is 5.63. The molecule has 9 heteroatoms. The van der Waals surface area contributed by atoms with Gasteiger partial charge in [0.2, 0.25) is 0 Å². The molecule has 8 nitrogen and oxygen atoms in total. The number of aromatic nitrogens is 2. The molecule has 4 rings (SSSR count). The van der Waals surface area contributed by atoms with Crippen molar-refractivity contribution >= 4 is 32.7 Å². The van der Waals surface area contributed by atoms with Gasteiger partial charge < -0.3 is 15.3 Å². The molecule has 1 saturated carbocycles. The zero-order valence-corrected chi connectivity index (χ0v) is 17.2. The molecule has 0 radical (unpaired) electrons. The maximum Gasteiger partial charge on any atom is 0.323 e. The molecule has 3 aromatic rings. The number of carbonyl (C=O) groups excluding carboxylic acids is 1. The first-order valence-corrected chi connectivity index (χ1v) is 11.6. The van der Waals surface area contributed by atoms with Crippen LogP contribution in [-0.4, -0.2) is 30.3 Å². The topological polar surface area (TPSA) is 124 Å². The molecule has 1 aliphatic carbocycles. The summed E-state index contributed by atoms with van der Waals surface area (Å²) < 4.78 is 28.3. The van der Waals surface area contributed by atoms with E-state index in [-0.39, 0.29) is 28.1 Å². The summed E-state index contributed by atoms with van der Waals surface area (Å²) in [6.45, 7) is 0. The number of hydrogen-bond acceptors (Lipinski definition) is 4. The first-order chi connectivity index (χ1) is 14.4. The van der Waals surface area contributed by atoms with E-state index >= 15 is 0 Å². The highest BCUT2D eigenvalue weighted by molar-refractivity contribution is 7.92. The van der Waals surface area contributed by atoms with Crippen LogP contribution in [0.5, 0.6) is 0 Å². The van der Waals surface area contributed by atoms with Gasteiger partial charge in [-0.3, -0.25) is 9.52 Å². The van der Waals surface area contributed by atoms with Gasteiger partial charge in [-0.05, 0) is 43.2 Å². The van der Waals surface area contributed by atoms with Gasteiger partial charge in [0, 0.05) is 6.04 Å². The van der Waals surface area contributed by atoms with E-state index in [1.807, 2.05) is 0 Å². The molecular formula is C21H24N4O4S. The highest BCUT2D eigenvalue weighted by atomic mass is 32.2. The van der Waals surface area contributed by atoms with Crippen LogP contribution in [-0.2, 0) is 10.0 Å². The molecule has 1 fully saturated rings. The maximum atomic E-state index is 12.9. The lowest BCUT2D eigenvalue weighted by Crippen LogP contribution is -2.35. The number of H-pyrrole nitrogens is 2. The lowest BCUT2D eigenvalue weighted by molar-refractivity contribution is 0.0934. The number of rotatable bonds is 5. The largest absolute Gasteiger partial charge is 0.349 e. The molecule has 0 aliphatic heterocycles. The molecule has 30 heavy (non-hydrogen) atoms. The monoisotopic (exact) mass is 428 g/mol. The van der Waals surface area contributed by atoms with E-state index in [1.165, 1.54) is 31.0 Å². The number of sulfonamides is 1. The average molecular weight is 429 g/mol. The number of benzene rings is 2. The third kappa shape index (κ3) is 4.40. The molecule has 158 valence electrons. The van der Waals surface area contributed by atoms with Crippen molar-refractivity contribution in [2.24, 2.45) is 0 Å². The Bertz CT molecular complexity index is 1220. The maximum absolute atomic E-state index is 12.9. The number of fused-ring (bicyclic) bond motifs is 1. The summed E-state index contributed by atoms with van der Waals surface area (Å²) in [4.78, 5) is 29.4. The number of nitrogens with one attached hydrogen (secondary N) is 4. The van der Waals surface area contributed by atoms with Gasteiger partial charge in [-0.15, -0.1) is 0 Å². The van der Waals surface area contributed by atoms with Crippen molar-refractivity contribution in [2.45, 2.75) is 49.5 Å². The number of carbonyl (C=O) groups is 1. The summed E-state index contributed by atoms with van der Waals surface area (Å²) in [6.07, 6.45) is 6.41. The molecule has 0 spiro atoms. The van der Waals surface area contributed by atoms with Crippen molar-refractivity contribution in [1.82, 2.24) is 15.3 Å². The minimum absolute atomic E-state index is 0.00997. The van der Waals surface area contributed by atoms with Gasteiger partial charge in [0.25, 0.3) is 15.9 Å². The predicted molar refractivity (Wildman–Crippen MR) is 115 cm³/mol. The number of para-hydroxylation sites is 1. The molecule has 1 aliphatic rings. The molecule has 1 amide bonds. The molecule has 1 aromatic heterocycles. The van der Waals surface area contributed by atoms with Crippen molar-refractivity contribution < 1.29 is 13.2 Å². The van der Waals surface area contributed by atoms with Crippen LogP contribution >= 0.6 is 0 Å². The minimum Gasteiger partial charge on any atom is -0.349 e. The van der Waals surface area contributed by atoms with Crippen molar-refractivity contribution in [1.29, 1.82) is 0 Å². The van der Waals surface area contributed by atoms with Gasteiger partial charge in [-0.25, -0.2) is 13.2 Å². The number of amides is 1. The number of aromatic amines is 2. The molecule has 1 heterocycles.